The summed E-state index contributed by atoms with van der Waals surface area (Å²) < 4.78 is 0. The first-order chi connectivity index (χ1) is 4.34. The quantitative estimate of drug-likeness (QED) is 0.582. The van der Waals surface area contributed by atoms with Crippen molar-refractivity contribution < 1.29 is 0 Å². The molecule has 0 unspecified atom stereocenters. The van der Waals surface area contributed by atoms with Crippen LogP contribution in [0.2, 0.25) is 5.02 Å². The molecule has 1 heterocycles. The van der Waals surface area contributed by atoms with Crippen LogP contribution in [0.1, 0.15) is 12.5 Å². The van der Waals surface area contributed by atoms with Gasteiger partial charge in [-0.2, -0.15) is 0 Å². The molecule has 0 saturated carbocycles. The number of nitrogens with zero attached hydrogens (tertiary/aromatic N) is 1. The highest BCUT2D eigenvalue weighted by Crippen LogP contribution is 2.12. The molecule has 1 nitrogen and oxygen atoms in total. The lowest BCUT2D eigenvalue weighted by molar-refractivity contribution is 1.10. The monoisotopic (exact) mass is 140 g/mol. The van der Waals surface area contributed by atoms with Crippen LogP contribution in [0.5, 0.6) is 0 Å². The SMILES string of the molecule is CCc1[c]nccc1Cl. The van der Waals surface area contributed by atoms with Crippen LogP contribution in [-0.2, 0) is 6.42 Å². The molecule has 0 fully saturated rings. The molecule has 0 aliphatic carbocycles. The molecule has 2 heteroatoms. The lowest BCUT2D eigenvalue weighted by atomic mass is 10.2. The van der Waals surface area contributed by atoms with E-state index in [4.69, 9.17) is 11.6 Å². The molecule has 0 aromatic carbocycles. The van der Waals surface area contributed by atoms with Gasteiger partial charge in [0.05, 0.1) is 6.20 Å². The van der Waals surface area contributed by atoms with Crippen LogP contribution in [0.25, 0.3) is 0 Å². The Labute approximate surface area is 59.7 Å². The summed E-state index contributed by atoms with van der Waals surface area (Å²) >= 11 is 5.75. The molecule has 1 aromatic rings. The van der Waals surface area contributed by atoms with E-state index in [9.17, 15) is 0 Å². The van der Waals surface area contributed by atoms with Gasteiger partial charge in [0.25, 0.3) is 0 Å². The van der Waals surface area contributed by atoms with Crippen molar-refractivity contribution in [3.05, 3.63) is 29.0 Å². The summed E-state index contributed by atoms with van der Waals surface area (Å²) in [4.78, 5) is 3.81. The molecule has 1 aromatic heterocycles. The van der Waals surface area contributed by atoms with E-state index in [1.54, 1.807) is 12.3 Å². The van der Waals surface area contributed by atoms with Crippen molar-refractivity contribution in [3.8, 4) is 0 Å². The molecule has 1 radical (unpaired) electrons. The molecule has 0 N–H and O–H groups in total. The molecule has 0 saturated heterocycles. The molecule has 0 amide bonds. The van der Waals surface area contributed by atoms with E-state index in [-0.39, 0.29) is 0 Å². The Hall–Kier alpha value is -0.560. The Morgan fingerprint density at radius 1 is 1.78 bits per heavy atom. The molecule has 0 atom stereocenters. The lowest BCUT2D eigenvalue weighted by Gasteiger charge is -1.94. The summed E-state index contributed by atoms with van der Waals surface area (Å²) in [5.74, 6) is 0. The summed E-state index contributed by atoms with van der Waals surface area (Å²) in [5, 5.41) is 0.757. The molecular formula is C7H7ClN. The maximum Gasteiger partial charge on any atom is 0.0936 e. The zero-order chi connectivity index (χ0) is 6.69. The Morgan fingerprint density at radius 3 is 3.00 bits per heavy atom. The van der Waals surface area contributed by atoms with Gasteiger partial charge in [0.15, 0.2) is 0 Å². The normalized spacial score (nSPS) is 9.56. The molecule has 1 rings (SSSR count). The maximum absolute atomic E-state index is 5.75. The van der Waals surface area contributed by atoms with E-state index in [0.29, 0.717) is 0 Å². The van der Waals surface area contributed by atoms with Crippen molar-refractivity contribution in [2.75, 3.05) is 0 Å². The summed E-state index contributed by atoms with van der Waals surface area (Å²) in [7, 11) is 0. The van der Waals surface area contributed by atoms with E-state index in [1.807, 2.05) is 6.92 Å². The van der Waals surface area contributed by atoms with Gasteiger partial charge >= 0.3 is 0 Å². The second kappa shape index (κ2) is 2.83. The minimum atomic E-state index is 0.757. The third-order valence-electron chi connectivity index (χ3n) is 1.14. The number of aromatic nitrogens is 1. The fraction of sp³-hybridized carbons (Fsp3) is 0.286. The summed E-state index contributed by atoms with van der Waals surface area (Å²) in [6, 6.07) is 1.77. The standard InChI is InChI=1S/C7H7ClN/c1-2-6-5-9-4-3-7(6)8/h3-4H,2H2,1H3. The topological polar surface area (TPSA) is 12.9 Å². The maximum atomic E-state index is 5.75. The average molecular weight is 141 g/mol. The third kappa shape index (κ3) is 1.42. The van der Waals surface area contributed by atoms with Crippen LogP contribution >= 0.6 is 11.6 Å². The van der Waals surface area contributed by atoms with Gasteiger partial charge in [-0.3, -0.25) is 4.98 Å². The molecule has 0 aliphatic rings. The fourth-order valence-electron chi connectivity index (χ4n) is 0.620. The van der Waals surface area contributed by atoms with Crippen molar-refractivity contribution in [3.63, 3.8) is 0 Å². The number of rotatable bonds is 1. The largest absolute Gasteiger partial charge is 0.254 e. The summed E-state index contributed by atoms with van der Waals surface area (Å²) in [6.45, 7) is 2.03. The van der Waals surface area contributed by atoms with Gasteiger partial charge in [0, 0.05) is 11.2 Å². The smallest absolute Gasteiger partial charge is 0.0936 e. The van der Waals surface area contributed by atoms with Crippen molar-refractivity contribution >= 4 is 11.6 Å². The first-order valence-electron chi connectivity index (χ1n) is 2.85. The highest BCUT2D eigenvalue weighted by atomic mass is 35.5. The van der Waals surface area contributed by atoms with Crippen LogP contribution in [0.15, 0.2) is 12.3 Å². The van der Waals surface area contributed by atoms with Crippen LogP contribution in [-0.4, -0.2) is 4.98 Å². The van der Waals surface area contributed by atoms with E-state index in [0.717, 1.165) is 17.0 Å². The zero-order valence-electron chi connectivity index (χ0n) is 5.19. The molecule has 9 heavy (non-hydrogen) atoms. The Bertz CT molecular complexity index is 198. The third-order valence-corrected chi connectivity index (χ3v) is 1.49. The second-order valence-electron chi connectivity index (χ2n) is 1.74. The van der Waals surface area contributed by atoms with E-state index in [1.165, 1.54) is 0 Å². The van der Waals surface area contributed by atoms with Crippen molar-refractivity contribution in [2.45, 2.75) is 13.3 Å². The fourth-order valence-corrected chi connectivity index (χ4v) is 0.852. The van der Waals surface area contributed by atoms with Crippen LogP contribution in [0.3, 0.4) is 0 Å². The predicted molar refractivity (Wildman–Crippen MR) is 37.5 cm³/mol. The first-order valence-corrected chi connectivity index (χ1v) is 3.23. The van der Waals surface area contributed by atoms with Crippen LogP contribution in [0.4, 0.5) is 0 Å². The van der Waals surface area contributed by atoms with E-state index in [2.05, 4.69) is 11.2 Å². The van der Waals surface area contributed by atoms with Gasteiger partial charge in [-0.15, -0.1) is 0 Å². The van der Waals surface area contributed by atoms with Gasteiger partial charge in [-0.1, -0.05) is 18.5 Å². The average Bonchev–Trinajstić information content (AvgIpc) is 1.89. The van der Waals surface area contributed by atoms with Crippen LogP contribution in [0, 0.1) is 6.20 Å². The van der Waals surface area contributed by atoms with E-state index < -0.39 is 0 Å². The van der Waals surface area contributed by atoms with Crippen molar-refractivity contribution in [2.24, 2.45) is 0 Å². The zero-order valence-corrected chi connectivity index (χ0v) is 5.94. The van der Waals surface area contributed by atoms with Crippen molar-refractivity contribution in [1.82, 2.24) is 4.98 Å². The highest BCUT2D eigenvalue weighted by molar-refractivity contribution is 6.31. The predicted octanol–water partition coefficient (Wildman–Crippen LogP) is 2.10. The first kappa shape index (κ1) is 6.56. The number of aryl methyl sites for hydroxylation is 1. The molecule has 47 valence electrons. The van der Waals surface area contributed by atoms with Gasteiger partial charge in [-0.05, 0) is 18.1 Å². The number of halogens is 1. The van der Waals surface area contributed by atoms with Gasteiger partial charge in [0.1, 0.15) is 0 Å². The number of pyridine rings is 1. The van der Waals surface area contributed by atoms with Gasteiger partial charge in [0.2, 0.25) is 0 Å². The lowest BCUT2D eigenvalue weighted by Crippen LogP contribution is -1.82. The Balaban J connectivity index is 3.01. The Kier molecular flexibility index (Phi) is 2.06. The second-order valence-corrected chi connectivity index (χ2v) is 2.14. The Morgan fingerprint density at radius 2 is 2.56 bits per heavy atom. The molecule has 0 spiro atoms. The minimum Gasteiger partial charge on any atom is -0.254 e. The highest BCUT2D eigenvalue weighted by Gasteiger charge is 1.93. The summed E-state index contributed by atoms with van der Waals surface area (Å²) in [5.41, 5.74) is 0.985. The van der Waals surface area contributed by atoms with Gasteiger partial charge in [-0.25, -0.2) is 0 Å². The number of hydrogen-bond acceptors (Lipinski definition) is 1. The van der Waals surface area contributed by atoms with Gasteiger partial charge < -0.3 is 0 Å². The minimum absolute atomic E-state index is 0.757. The number of hydrogen-bond donors (Lipinski definition) is 0. The van der Waals surface area contributed by atoms with E-state index >= 15 is 0 Å². The summed E-state index contributed by atoms with van der Waals surface area (Å²) in [6.07, 6.45) is 5.34. The molecule has 0 bridgehead atoms. The van der Waals surface area contributed by atoms with Crippen LogP contribution < -0.4 is 0 Å². The molecule has 0 aliphatic heterocycles. The molecular weight excluding hydrogens is 134 g/mol. The van der Waals surface area contributed by atoms with Crippen molar-refractivity contribution in [1.29, 1.82) is 0 Å².